The number of likely N-dealkylation sites (tertiary alicyclic amines) is 1. The van der Waals surface area contributed by atoms with Crippen molar-refractivity contribution in [3.8, 4) is 11.3 Å². The molecule has 9 nitrogen and oxygen atoms in total. The lowest BCUT2D eigenvalue weighted by Gasteiger charge is -2.32. The van der Waals surface area contributed by atoms with E-state index in [1.165, 1.54) is 28.2 Å². The normalized spacial score (nSPS) is 20.8. The van der Waals surface area contributed by atoms with Crippen LogP contribution < -0.4 is 0 Å². The van der Waals surface area contributed by atoms with Crippen LogP contribution in [0.2, 0.25) is 0 Å². The van der Waals surface area contributed by atoms with Gasteiger partial charge in [0, 0.05) is 73.2 Å². The second-order valence-corrected chi connectivity index (χ2v) is 15.1. The highest BCUT2D eigenvalue weighted by molar-refractivity contribution is 7.99. The Balaban J connectivity index is 1.42. The topological polar surface area (TPSA) is 91.1 Å². The number of fused-ring (bicyclic) bond motifs is 1. The fourth-order valence-corrected chi connectivity index (χ4v) is 7.97. The van der Waals surface area contributed by atoms with E-state index in [0.29, 0.717) is 61.2 Å². The number of rotatable bonds is 10. The van der Waals surface area contributed by atoms with Crippen molar-refractivity contribution in [3.63, 3.8) is 0 Å². The van der Waals surface area contributed by atoms with Crippen LogP contribution in [0.15, 0.2) is 23.1 Å². The Bertz CT molecular complexity index is 1360. The van der Waals surface area contributed by atoms with Gasteiger partial charge in [-0.05, 0) is 44.0 Å². The molecule has 0 saturated carbocycles. The van der Waals surface area contributed by atoms with Gasteiger partial charge in [-0.15, -0.1) is 11.8 Å². The van der Waals surface area contributed by atoms with Crippen LogP contribution in [-0.2, 0) is 40.4 Å². The molecule has 2 fully saturated rings. The van der Waals surface area contributed by atoms with Crippen molar-refractivity contribution in [1.29, 1.82) is 0 Å². The van der Waals surface area contributed by atoms with Crippen molar-refractivity contribution in [2.45, 2.75) is 56.5 Å². The molecule has 1 aromatic carbocycles. The molecular weight excluding hydrogens is 603 g/mol. The highest BCUT2D eigenvalue weighted by Gasteiger charge is 2.35. The Morgan fingerprint density at radius 2 is 1.81 bits per heavy atom. The maximum Gasteiger partial charge on any atom is 0.417 e. The lowest BCUT2D eigenvalue weighted by molar-refractivity contribution is -0.139. The van der Waals surface area contributed by atoms with Crippen LogP contribution in [-0.4, -0.2) is 115 Å². The van der Waals surface area contributed by atoms with Crippen molar-refractivity contribution >= 4 is 21.8 Å². The average Bonchev–Trinajstić information content (AvgIpc) is 3.31. The Morgan fingerprint density at radius 3 is 2.49 bits per heavy atom. The molecule has 1 atom stereocenters. The summed E-state index contributed by atoms with van der Waals surface area (Å²) in [4.78, 5) is 4.56. The van der Waals surface area contributed by atoms with E-state index in [9.17, 15) is 26.7 Å². The van der Waals surface area contributed by atoms with Crippen LogP contribution in [0.25, 0.3) is 11.3 Å². The number of sulfonamides is 1. The Morgan fingerprint density at radius 1 is 1.09 bits per heavy atom. The fraction of sp³-hybridized carbons (Fsp3) is 0.690. The first-order chi connectivity index (χ1) is 20.4. The van der Waals surface area contributed by atoms with E-state index >= 15 is 0 Å². The summed E-state index contributed by atoms with van der Waals surface area (Å²) in [6, 6.07) is 4.05. The molecule has 0 bridgehead atoms. The first-order valence-electron chi connectivity index (χ1n) is 15.0. The zero-order chi connectivity index (χ0) is 30.8. The Labute approximate surface area is 256 Å². The highest BCUT2D eigenvalue weighted by atomic mass is 32.2. The lowest BCUT2D eigenvalue weighted by Crippen LogP contribution is -2.40. The number of piperidine rings is 1. The Kier molecular flexibility index (Phi) is 10.5. The average molecular weight is 646 g/mol. The van der Waals surface area contributed by atoms with Crippen LogP contribution in [0.4, 0.5) is 13.2 Å². The van der Waals surface area contributed by atoms with Gasteiger partial charge in [0.05, 0.1) is 43.4 Å². The predicted molar refractivity (Wildman–Crippen MR) is 160 cm³/mol. The molecule has 5 rings (SSSR count). The molecule has 0 aliphatic carbocycles. The molecule has 1 unspecified atom stereocenters. The van der Waals surface area contributed by atoms with E-state index in [0.717, 1.165) is 57.0 Å². The quantitative estimate of drug-likeness (QED) is 0.394. The molecular formula is C29H42F3N5O4S2. The molecule has 2 saturated heterocycles. The molecule has 1 N–H and O–H groups in total. The second kappa shape index (κ2) is 13.8. The minimum Gasteiger partial charge on any atom is -0.390 e. The minimum atomic E-state index is -4.51. The molecule has 0 spiro atoms. The van der Waals surface area contributed by atoms with E-state index in [4.69, 9.17) is 9.84 Å². The first kappa shape index (κ1) is 32.7. The van der Waals surface area contributed by atoms with Gasteiger partial charge in [-0.1, -0.05) is 13.0 Å². The first-order valence-corrected chi connectivity index (χ1v) is 17.8. The summed E-state index contributed by atoms with van der Waals surface area (Å²) >= 11 is 1.17. The molecule has 2 aromatic rings. The number of morpholine rings is 1. The van der Waals surface area contributed by atoms with Gasteiger partial charge in [0.1, 0.15) is 0 Å². The number of alkyl halides is 3. The van der Waals surface area contributed by atoms with E-state index < -0.39 is 27.9 Å². The van der Waals surface area contributed by atoms with Crippen molar-refractivity contribution < 1.29 is 31.4 Å². The monoisotopic (exact) mass is 645 g/mol. The molecule has 0 amide bonds. The molecule has 3 aliphatic rings. The van der Waals surface area contributed by atoms with Gasteiger partial charge in [0.2, 0.25) is 10.0 Å². The van der Waals surface area contributed by atoms with Crippen molar-refractivity contribution in [2.75, 3.05) is 71.0 Å². The summed E-state index contributed by atoms with van der Waals surface area (Å²) in [5.74, 6) is 1.17. The highest BCUT2D eigenvalue weighted by Crippen LogP contribution is 2.40. The zero-order valence-electron chi connectivity index (χ0n) is 24.9. The maximum atomic E-state index is 14.0. The van der Waals surface area contributed by atoms with Gasteiger partial charge >= 0.3 is 6.18 Å². The van der Waals surface area contributed by atoms with E-state index in [2.05, 4.69) is 16.7 Å². The van der Waals surface area contributed by atoms with E-state index in [-0.39, 0.29) is 24.5 Å². The van der Waals surface area contributed by atoms with Crippen LogP contribution in [0.3, 0.4) is 0 Å². The molecule has 43 heavy (non-hydrogen) atoms. The van der Waals surface area contributed by atoms with Crippen LogP contribution >= 0.6 is 11.8 Å². The van der Waals surface area contributed by atoms with Crippen LogP contribution in [0.5, 0.6) is 0 Å². The second-order valence-electron chi connectivity index (χ2n) is 12.0. The van der Waals surface area contributed by atoms with Crippen LogP contribution in [0.1, 0.15) is 36.6 Å². The standard InChI is InChI=1S/C29H42F3N5O4S2/c1-21-5-8-35(9-6-21)18-23(38)19-37-26-7-10-36(43(2,39)40)20-24(26)28(33-37)22-3-4-25(29(30,31)32)27(17-22)42-16-13-34-11-14-41-15-12-34/h3-4,17,21,23,38H,5-16,18-20H2,1-2H3. The number of aliphatic hydroxyl groups excluding tert-OH is 1. The van der Waals surface area contributed by atoms with E-state index in [1.807, 2.05) is 0 Å². The van der Waals surface area contributed by atoms with Gasteiger partial charge < -0.3 is 14.7 Å². The number of hydrogen-bond acceptors (Lipinski definition) is 8. The molecule has 14 heteroatoms. The molecule has 4 heterocycles. The van der Waals surface area contributed by atoms with Crippen molar-refractivity contribution in [2.24, 2.45) is 5.92 Å². The van der Waals surface area contributed by atoms with Gasteiger partial charge in [-0.25, -0.2) is 8.42 Å². The van der Waals surface area contributed by atoms with Crippen molar-refractivity contribution in [1.82, 2.24) is 23.9 Å². The SMILES string of the molecule is CC1CCN(CC(O)Cn2nc(-c3ccc(C(F)(F)F)c(SCCN4CCOCC4)c3)c3c2CCN(S(C)(=O)=O)C3)CC1. The third-order valence-corrected chi connectivity index (χ3v) is 10.9. The molecule has 3 aliphatic heterocycles. The number of aromatic nitrogens is 2. The summed E-state index contributed by atoms with van der Waals surface area (Å²) in [6.07, 6.45) is -1.44. The number of aliphatic hydroxyl groups is 1. The predicted octanol–water partition coefficient (Wildman–Crippen LogP) is 3.40. The summed E-state index contributed by atoms with van der Waals surface area (Å²) in [5.41, 5.74) is 1.78. The number of ether oxygens (including phenoxy) is 1. The number of β-amino-alcohol motifs (C(OH)–C–C–N with tert-alkyl or cyclic N) is 1. The van der Waals surface area contributed by atoms with Gasteiger partial charge in [-0.3, -0.25) is 9.58 Å². The smallest absolute Gasteiger partial charge is 0.390 e. The van der Waals surface area contributed by atoms with E-state index in [1.54, 1.807) is 4.68 Å². The molecule has 1 aromatic heterocycles. The number of halogens is 3. The summed E-state index contributed by atoms with van der Waals surface area (Å²) in [7, 11) is -3.49. The number of hydrogen-bond donors (Lipinski definition) is 1. The number of thioether (sulfide) groups is 1. The fourth-order valence-electron chi connectivity index (χ4n) is 6.06. The summed E-state index contributed by atoms with van der Waals surface area (Å²) in [6.45, 7) is 8.63. The summed E-state index contributed by atoms with van der Waals surface area (Å²) in [5, 5.41) is 15.8. The number of benzene rings is 1. The maximum absolute atomic E-state index is 14.0. The number of nitrogens with zero attached hydrogens (tertiary/aromatic N) is 5. The third kappa shape index (κ3) is 8.33. The van der Waals surface area contributed by atoms with Gasteiger partial charge in [0.15, 0.2) is 0 Å². The third-order valence-electron chi connectivity index (χ3n) is 8.63. The van der Waals surface area contributed by atoms with Crippen molar-refractivity contribution in [3.05, 3.63) is 35.0 Å². The van der Waals surface area contributed by atoms with Crippen LogP contribution in [0, 0.1) is 5.92 Å². The Hall–Kier alpha value is -1.68. The largest absolute Gasteiger partial charge is 0.417 e. The molecule has 0 radical (unpaired) electrons. The van der Waals surface area contributed by atoms with Gasteiger partial charge in [0.25, 0.3) is 0 Å². The van der Waals surface area contributed by atoms with Gasteiger partial charge in [-0.2, -0.15) is 22.6 Å². The molecule has 240 valence electrons. The lowest BCUT2D eigenvalue weighted by atomic mass is 9.99. The summed E-state index contributed by atoms with van der Waals surface area (Å²) < 4.78 is 75.4. The zero-order valence-corrected chi connectivity index (χ0v) is 26.5. The minimum absolute atomic E-state index is 0.0874.